The van der Waals surface area contributed by atoms with Crippen molar-refractivity contribution < 1.29 is 9.53 Å². The topological polar surface area (TPSA) is 38.3 Å². The summed E-state index contributed by atoms with van der Waals surface area (Å²) in [5.74, 6) is 0.666. The van der Waals surface area contributed by atoms with E-state index in [0.29, 0.717) is 13.2 Å². The SMILES string of the molecule is C=CCOC1=CC(=O)NCC(C)(C)C1. The average molecular weight is 195 g/mol. The summed E-state index contributed by atoms with van der Waals surface area (Å²) in [5.41, 5.74) is 0.0547. The molecule has 1 heterocycles. The van der Waals surface area contributed by atoms with Crippen LogP contribution in [0.5, 0.6) is 0 Å². The molecule has 0 aromatic heterocycles. The number of ether oxygens (including phenoxy) is 1. The maximum atomic E-state index is 11.3. The molecule has 1 rings (SSSR count). The van der Waals surface area contributed by atoms with Gasteiger partial charge in [0.2, 0.25) is 5.91 Å². The van der Waals surface area contributed by atoms with E-state index in [1.807, 2.05) is 0 Å². The molecule has 0 fully saturated rings. The van der Waals surface area contributed by atoms with Crippen molar-refractivity contribution in [1.82, 2.24) is 5.32 Å². The third kappa shape index (κ3) is 3.24. The smallest absolute Gasteiger partial charge is 0.247 e. The fraction of sp³-hybridized carbons (Fsp3) is 0.545. The molecule has 0 unspecified atom stereocenters. The zero-order valence-electron chi connectivity index (χ0n) is 8.80. The summed E-state index contributed by atoms with van der Waals surface area (Å²) in [6.45, 7) is 8.91. The number of rotatable bonds is 3. The monoisotopic (exact) mass is 195 g/mol. The van der Waals surface area contributed by atoms with Crippen molar-refractivity contribution in [3.8, 4) is 0 Å². The van der Waals surface area contributed by atoms with Gasteiger partial charge in [0, 0.05) is 19.0 Å². The molecule has 0 aromatic rings. The molecule has 1 N–H and O–H groups in total. The molecular weight excluding hydrogens is 178 g/mol. The Morgan fingerprint density at radius 1 is 1.71 bits per heavy atom. The Balaban J connectivity index is 2.68. The number of carbonyl (C=O) groups is 1. The Morgan fingerprint density at radius 3 is 3.07 bits per heavy atom. The van der Waals surface area contributed by atoms with Crippen LogP contribution < -0.4 is 5.32 Å². The van der Waals surface area contributed by atoms with Gasteiger partial charge in [0.25, 0.3) is 0 Å². The van der Waals surface area contributed by atoms with Crippen LogP contribution in [0, 0.1) is 5.41 Å². The molecule has 0 aliphatic carbocycles. The number of carbonyl (C=O) groups excluding carboxylic acids is 1. The zero-order chi connectivity index (χ0) is 10.6. The second-order valence-corrected chi connectivity index (χ2v) is 4.27. The summed E-state index contributed by atoms with van der Waals surface area (Å²) in [6.07, 6.45) is 3.98. The summed E-state index contributed by atoms with van der Waals surface area (Å²) in [6, 6.07) is 0. The van der Waals surface area contributed by atoms with E-state index < -0.39 is 0 Å². The number of hydrogen-bond donors (Lipinski definition) is 1. The van der Waals surface area contributed by atoms with Gasteiger partial charge < -0.3 is 10.1 Å². The molecule has 0 bridgehead atoms. The van der Waals surface area contributed by atoms with Crippen LogP contribution in [0.3, 0.4) is 0 Å². The van der Waals surface area contributed by atoms with Gasteiger partial charge >= 0.3 is 0 Å². The first-order valence-electron chi connectivity index (χ1n) is 4.75. The fourth-order valence-electron chi connectivity index (χ4n) is 1.37. The molecule has 3 heteroatoms. The lowest BCUT2D eigenvalue weighted by Crippen LogP contribution is -2.30. The van der Waals surface area contributed by atoms with Gasteiger partial charge in [-0.15, -0.1) is 0 Å². The summed E-state index contributed by atoms with van der Waals surface area (Å²) in [7, 11) is 0. The number of amides is 1. The summed E-state index contributed by atoms with van der Waals surface area (Å²) in [5, 5.41) is 2.82. The molecule has 0 aromatic carbocycles. The molecule has 0 atom stereocenters. The Bertz CT molecular complexity index is 266. The highest BCUT2D eigenvalue weighted by atomic mass is 16.5. The molecule has 0 saturated carbocycles. The minimum absolute atomic E-state index is 0.0547. The maximum absolute atomic E-state index is 11.3. The van der Waals surface area contributed by atoms with Gasteiger partial charge in [-0.2, -0.15) is 0 Å². The Labute approximate surface area is 84.8 Å². The highest BCUT2D eigenvalue weighted by Gasteiger charge is 2.24. The van der Waals surface area contributed by atoms with Gasteiger partial charge in [0.1, 0.15) is 12.4 Å². The van der Waals surface area contributed by atoms with Crippen molar-refractivity contribution in [2.24, 2.45) is 5.41 Å². The molecule has 1 aliphatic heterocycles. The Morgan fingerprint density at radius 2 is 2.43 bits per heavy atom. The van der Waals surface area contributed by atoms with Crippen LogP contribution in [0.25, 0.3) is 0 Å². The summed E-state index contributed by atoms with van der Waals surface area (Å²) >= 11 is 0. The molecule has 14 heavy (non-hydrogen) atoms. The minimum Gasteiger partial charge on any atom is -0.494 e. The quantitative estimate of drug-likeness (QED) is 0.695. The fourth-order valence-corrected chi connectivity index (χ4v) is 1.37. The first kappa shape index (κ1) is 10.8. The lowest BCUT2D eigenvalue weighted by Gasteiger charge is -2.23. The molecule has 78 valence electrons. The lowest BCUT2D eigenvalue weighted by atomic mass is 9.89. The van der Waals surface area contributed by atoms with E-state index in [0.717, 1.165) is 12.2 Å². The standard InChI is InChI=1S/C11H17NO2/c1-4-5-14-9-6-10(13)12-8-11(2,3)7-9/h4,6H,1,5,7-8H2,2-3H3,(H,12,13). The van der Waals surface area contributed by atoms with Crippen molar-refractivity contribution in [2.45, 2.75) is 20.3 Å². The van der Waals surface area contributed by atoms with E-state index in [1.54, 1.807) is 6.08 Å². The Kier molecular flexibility index (Phi) is 3.33. The van der Waals surface area contributed by atoms with Crippen LogP contribution >= 0.6 is 0 Å². The van der Waals surface area contributed by atoms with E-state index in [1.165, 1.54) is 6.08 Å². The van der Waals surface area contributed by atoms with Crippen LogP contribution in [0.1, 0.15) is 20.3 Å². The van der Waals surface area contributed by atoms with Gasteiger partial charge in [-0.1, -0.05) is 26.5 Å². The summed E-state index contributed by atoms with van der Waals surface area (Å²) in [4.78, 5) is 11.3. The maximum Gasteiger partial charge on any atom is 0.247 e. The van der Waals surface area contributed by atoms with Crippen molar-refractivity contribution in [3.05, 3.63) is 24.5 Å². The molecule has 0 radical (unpaired) electrons. The molecule has 0 spiro atoms. The third-order valence-electron chi connectivity index (χ3n) is 2.07. The first-order chi connectivity index (χ1) is 6.53. The van der Waals surface area contributed by atoms with Gasteiger partial charge in [0.05, 0.1) is 0 Å². The minimum atomic E-state index is -0.0744. The largest absolute Gasteiger partial charge is 0.494 e. The van der Waals surface area contributed by atoms with Gasteiger partial charge in [-0.3, -0.25) is 4.79 Å². The normalized spacial score (nSPS) is 20.4. The molecule has 1 amide bonds. The van der Waals surface area contributed by atoms with Crippen molar-refractivity contribution in [2.75, 3.05) is 13.2 Å². The lowest BCUT2D eigenvalue weighted by molar-refractivity contribution is -0.116. The van der Waals surface area contributed by atoms with Gasteiger partial charge in [0.15, 0.2) is 0 Å². The second-order valence-electron chi connectivity index (χ2n) is 4.27. The number of allylic oxidation sites excluding steroid dienone is 1. The van der Waals surface area contributed by atoms with Crippen LogP contribution in [0.4, 0.5) is 0 Å². The molecule has 0 saturated heterocycles. The van der Waals surface area contributed by atoms with Crippen molar-refractivity contribution in [3.63, 3.8) is 0 Å². The zero-order valence-corrected chi connectivity index (χ0v) is 8.80. The van der Waals surface area contributed by atoms with Crippen LogP contribution in [-0.4, -0.2) is 19.1 Å². The Hall–Kier alpha value is -1.25. The molecular formula is C11H17NO2. The first-order valence-corrected chi connectivity index (χ1v) is 4.75. The van der Waals surface area contributed by atoms with E-state index >= 15 is 0 Å². The molecule has 3 nitrogen and oxygen atoms in total. The summed E-state index contributed by atoms with van der Waals surface area (Å²) < 4.78 is 5.40. The molecule has 1 aliphatic rings. The van der Waals surface area contributed by atoms with E-state index in [-0.39, 0.29) is 11.3 Å². The average Bonchev–Trinajstić information content (AvgIpc) is 2.22. The third-order valence-corrected chi connectivity index (χ3v) is 2.07. The van der Waals surface area contributed by atoms with E-state index in [4.69, 9.17) is 4.74 Å². The van der Waals surface area contributed by atoms with Crippen LogP contribution in [0.2, 0.25) is 0 Å². The van der Waals surface area contributed by atoms with E-state index in [2.05, 4.69) is 25.7 Å². The highest BCUT2D eigenvalue weighted by Crippen LogP contribution is 2.26. The van der Waals surface area contributed by atoms with Crippen LogP contribution in [0.15, 0.2) is 24.5 Å². The number of nitrogens with one attached hydrogen (secondary N) is 1. The van der Waals surface area contributed by atoms with Gasteiger partial charge in [-0.05, 0) is 5.41 Å². The highest BCUT2D eigenvalue weighted by molar-refractivity contribution is 5.88. The van der Waals surface area contributed by atoms with Crippen LogP contribution in [-0.2, 0) is 9.53 Å². The van der Waals surface area contributed by atoms with Crippen molar-refractivity contribution in [1.29, 1.82) is 0 Å². The second kappa shape index (κ2) is 4.31. The van der Waals surface area contributed by atoms with E-state index in [9.17, 15) is 4.79 Å². The predicted molar refractivity (Wildman–Crippen MR) is 55.6 cm³/mol. The number of hydrogen-bond acceptors (Lipinski definition) is 2. The van der Waals surface area contributed by atoms with Gasteiger partial charge in [-0.25, -0.2) is 0 Å². The van der Waals surface area contributed by atoms with Crippen molar-refractivity contribution >= 4 is 5.91 Å². The predicted octanol–water partition coefficient (Wildman–Crippen LogP) is 1.62.